The number of rotatable bonds is 3. The molecule has 0 saturated carbocycles. The number of hydrogen-bond donors (Lipinski definition) is 0. The van der Waals surface area contributed by atoms with Crippen LogP contribution in [0.2, 0.25) is 5.02 Å². The van der Waals surface area contributed by atoms with Gasteiger partial charge in [0.1, 0.15) is 17.8 Å². The second-order valence-corrected chi connectivity index (χ2v) is 4.70. The number of thioether (sulfide) groups is 1. The van der Waals surface area contributed by atoms with Gasteiger partial charge in [0.25, 0.3) is 0 Å². The van der Waals surface area contributed by atoms with Crippen molar-refractivity contribution in [2.75, 3.05) is 13.4 Å². The molecule has 0 saturated heterocycles. The number of benzene rings is 1. The van der Waals surface area contributed by atoms with Crippen molar-refractivity contribution in [3.05, 3.63) is 29.0 Å². The Morgan fingerprint density at radius 3 is 2.94 bits per heavy atom. The Balaban J connectivity index is 2.52. The number of ether oxygens (including phenoxy) is 1. The quantitative estimate of drug-likeness (QED) is 0.632. The van der Waals surface area contributed by atoms with Crippen molar-refractivity contribution >= 4 is 40.3 Å². The zero-order valence-electron chi connectivity index (χ0n) is 9.45. The second kappa shape index (κ2) is 5.02. The minimum absolute atomic E-state index is 0.138. The van der Waals surface area contributed by atoms with E-state index in [2.05, 4.69) is 4.74 Å². The molecular formula is C12H11ClO3S. The maximum Gasteiger partial charge on any atom is 0.313 e. The molecule has 0 amide bonds. The lowest BCUT2D eigenvalue weighted by Crippen LogP contribution is -2.04. The average molecular weight is 271 g/mol. The number of halogens is 1. The lowest BCUT2D eigenvalue weighted by atomic mass is 10.2. The third-order valence-electron chi connectivity index (χ3n) is 2.41. The lowest BCUT2D eigenvalue weighted by Gasteiger charge is -1.98. The molecule has 0 aliphatic carbocycles. The Bertz CT molecular complexity index is 562. The van der Waals surface area contributed by atoms with Crippen molar-refractivity contribution in [2.45, 2.75) is 11.3 Å². The molecule has 1 aromatic carbocycles. The molecule has 2 aromatic rings. The summed E-state index contributed by atoms with van der Waals surface area (Å²) >= 11 is 7.48. The van der Waals surface area contributed by atoms with Crippen LogP contribution < -0.4 is 0 Å². The van der Waals surface area contributed by atoms with Crippen LogP contribution in [0, 0.1) is 0 Å². The molecule has 0 unspecified atom stereocenters. The van der Waals surface area contributed by atoms with Crippen molar-refractivity contribution in [3.63, 3.8) is 0 Å². The van der Waals surface area contributed by atoms with Crippen molar-refractivity contribution in [1.82, 2.24) is 0 Å². The standard InChI is InChI=1S/C12H11ClO3S/c1-15-11(14)6-10-12(17-2)8-5-7(13)3-4-9(8)16-10/h3-5H,6H2,1-2H3. The van der Waals surface area contributed by atoms with Gasteiger partial charge in [0, 0.05) is 10.4 Å². The number of carbonyl (C=O) groups is 1. The summed E-state index contributed by atoms with van der Waals surface area (Å²) in [5.74, 6) is 0.312. The van der Waals surface area contributed by atoms with Gasteiger partial charge in [-0.05, 0) is 24.5 Å². The fourth-order valence-corrected chi connectivity index (χ4v) is 2.53. The van der Waals surface area contributed by atoms with E-state index in [1.165, 1.54) is 18.9 Å². The summed E-state index contributed by atoms with van der Waals surface area (Å²) in [7, 11) is 1.36. The van der Waals surface area contributed by atoms with E-state index in [0.29, 0.717) is 10.8 Å². The summed E-state index contributed by atoms with van der Waals surface area (Å²) in [4.78, 5) is 12.2. The average Bonchev–Trinajstić information content (AvgIpc) is 2.65. The first-order valence-corrected chi connectivity index (χ1v) is 6.57. The van der Waals surface area contributed by atoms with Gasteiger partial charge in [-0.15, -0.1) is 11.8 Å². The Morgan fingerprint density at radius 2 is 2.29 bits per heavy atom. The molecule has 2 rings (SSSR count). The molecule has 0 aliphatic rings. The minimum atomic E-state index is -0.314. The van der Waals surface area contributed by atoms with Crippen LogP contribution in [0.1, 0.15) is 5.76 Å². The summed E-state index contributed by atoms with van der Waals surface area (Å²) in [5, 5.41) is 1.59. The van der Waals surface area contributed by atoms with E-state index in [1.807, 2.05) is 12.3 Å². The van der Waals surface area contributed by atoms with Crippen LogP contribution in [-0.2, 0) is 16.0 Å². The summed E-state index contributed by atoms with van der Waals surface area (Å²) in [5.41, 5.74) is 0.734. The van der Waals surface area contributed by atoms with Crippen LogP contribution in [0.5, 0.6) is 0 Å². The van der Waals surface area contributed by atoms with Gasteiger partial charge >= 0.3 is 5.97 Å². The Kier molecular flexibility index (Phi) is 3.64. The number of carbonyl (C=O) groups excluding carboxylic acids is 1. The highest BCUT2D eigenvalue weighted by atomic mass is 35.5. The van der Waals surface area contributed by atoms with Crippen LogP contribution in [0.3, 0.4) is 0 Å². The Labute approximate surface area is 108 Å². The largest absolute Gasteiger partial charge is 0.469 e. The SMILES string of the molecule is COC(=O)Cc1oc2ccc(Cl)cc2c1SC. The van der Waals surface area contributed by atoms with E-state index in [-0.39, 0.29) is 12.4 Å². The van der Waals surface area contributed by atoms with Crippen LogP contribution in [0.25, 0.3) is 11.0 Å². The molecule has 90 valence electrons. The molecule has 1 aromatic heterocycles. The van der Waals surface area contributed by atoms with Gasteiger partial charge in [0.2, 0.25) is 0 Å². The number of esters is 1. The van der Waals surface area contributed by atoms with E-state index in [1.54, 1.807) is 12.1 Å². The molecule has 0 spiro atoms. The number of hydrogen-bond acceptors (Lipinski definition) is 4. The molecule has 5 heteroatoms. The van der Waals surface area contributed by atoms with Crippen molar-refractivity contribution < 1.29 is 13.9 Å². The Morgan fingerprint density at radius 1 is 1.53 bits per heavy atom. The molecule has 1 heterocycles. The van der Waals surface area contributed by atoms with Gasteiger partial charge in [-0.3, -0.25) is 4.79 Å². The molecule has 0 aliphatic heterocycles. The molecule has 0 radical (unpaired) electrons. The van der Waals surface area contributed by atoms with Gasteiger partial charge in [-0.2, -0.15) is 0 Å². The number of methoxy groups -OCH3 is 1. The van der Waals surface area contributed by atoms with Gasteiger partial charge in [-0.1, -0.05) is 11.6 Å². The monoisotopic (exact) mass is 270 g/mol. The van der Waals surface area contributed by atoms with Crippen LogP contribution in [0.15, 0.2) is 27.5 Å². The van der Waals surface area contributed by atoms with E-state index < -0.39 is 0 Å². The molecule has 0 fully saturated rings. The number of fused-ring (bicyclic) bond motifs is 1. The van der Waals surface area contributed by atoms with E-state index in [9.17, 15) is 4.79 Å². The first kappa shape index (κ1) is 12.3. The minimum Gasteiger partial charge on any atom is -0.469 e. The summed E-state index contributed by atoms with van der Waals surface area (Å²) in [6.07, 6.45) is 2.07. The Hall–Kier alpha value is -1.13. The van der Waals surface area contributed by atoms with Gasteiger partial charge in [0.15, 0.2) is 0 Å². The van der Waals surface area contributed by atoms with Crippen LogP contribution in [0.4, 0.5) is 0 Å². The highest BCUT2D eigenvalue weighted by Crippen LogP contribution is 2.34. The maximum atomic E-state index is 11.3. The summed E-state index contributed by atoms with van der Waals surface area (Å²) < 4.78 is 10.3. The predicted octanol–water partition coefficient (Wildman–Crippen LogP) is 3.52. The van der Waals surface area contributed by atoms with E-state index in [0.717, 1.165) is 15.9 Å². The predicted molar refractivity (Wildman–Crippen MR) is 68.7 cm³/mol. The normalized spacial score (nSPS) is 10.8. The molecule has 0 N–H and O–H groups in total. The summed E-state index contributed by atoms with van der Waals surface area (Å²) in [6, 6.07) is 5.41. The van der Waals surface area contributed by atoms with Crippen LogP contribution >= 0.6 is 23.4 Å². The third kappa shape index (κ3) is 2.42. The number of furan rings is 1. The molecule has 0 atom stereocenters. The fraction of sp³-hybridized carbons (Fsp3) is 0.250. The molecule has 17 heavy (non-hydrogen) atoms. The fourth-order valence-electron chi connectivity index (χ4n) is 1.64. The molecule has 0 bridgehead atoms. The van der Waals surface area contributed by atoms with Gasteiger partial charge in [0.05, 0.1) is 12.0 Å². The first-order valence-electron chi connectivity index (χ1n) is 4.97. The van der Waals surface area contributed by atoms with Gasteiger partial charge in [-0.25, -0.2) is 0 Å². The highest BCUT2D eigenvalue weighted by molar-refractivity contribution is 7.98. The molecular weight excluding hydrogens is 260 g/mol. The van der Waals surface area contributed by atoms with Crippen LogP contribution in [-0.4, -0.2) is 19.3 Å². The first-order chi connectivity index (χ1) is 8.15. The van der Waals surface area contributed by atoms with Crippen molar-refractivity contribution in [3.8, 4) is 0 Å². The second-order valence-electron chi connectivity index (χ2n) is 3.45. The topological polar surface area (TPSA) is 39.4 Å². The summed E-state index contributed by atoms with van der Waals surface area (Å²) in [6.45, 7) is 0. The zero-order valence-corrected chi connectivity index (χ0v) is 11.0. The van der Waals surface area contributed by atoms with E-state index in [4.69, 9.17) is 16.0 Å². The smallest absolute Gasteiger partial charge is 0.313 e. The van der Waals surface area contributed by atoms with Crippen molar-refractivity contribution in [2.24, 2.45) is 0 Å². The highest BCUT2D eigenvalue weighted by Gasteiger charge is 2.16. The van der Waals surface area contributed by atoms with Gasteiger partial charge < -0.3 is 9.15 Å². The zero-order chi connectivity index (χ0) is 12.4. The maximum absolute atomic E-state index is 11.3. The molecule has 3 nitrogen and oxygen atoms in total. The third-order valence-corrected chi connectivity index (χ3v) is 3.50. The van der Waals surface area contributed by atoms with E-state index >= 15 is 0 Å². The van der Waals surface area contributed by atoms with Crippen molar-refractivity contribution in [1.29, 1.82) is 0 Å². The lowest BCUT2D eigenvalue weighted by molar-refractivity contribution is -0.140.